The Hall–Kier alpha value is -4.60. The molecule has 0 atom stereocenters. The van der Waals surface area contributed by atoms with Crippen LogP contribution in [0.2, 0.25) is 0 Å². The fourth-order valence-corrected chi connectivity index (χ4v) is 4.20. The molecule has 10 nitrogen and oxygen atoms in total. The third-order valence-corrected chi connectivity index (χ3v) is 6.26. The number of furan rings is 2. The van der Waals surface area contributed by atoms with E-state index in [2.05, 4.69) is 15.1 Å². The molecular weight excluding hydrogens is 474 g/mol. The fraction of sp³-hybridized carbons (Fsp3) is 0.259. The molecule has 37 heavy (non-hydrogen) atoms. The predicted molar refractivity (Wildman–Crippen MR) is 135 cm³/mol. The van der Waals surface area contributed by atoms with Gasteiger partial charge in [-0.1, -0.05) is 0 Å². The van der Waals surface area contributed by atoms with Gasteiger partial charge in [-0.2, -0.15) is 0 Å². The average molecular weight is 502 g/mol. The van der Waals surface area contributed by atoms with Crippen molar-refractivity contribution in [2.75, 3.05) is 44.7 Å². The Morgan fingerprint density at radius 2 is 1.68 bits per heavy atom. The van der Waals surface area contributed by atoms with Gasteiger partial charge in [-0.25, -0.2) is 0 Å². The second kappa shape index (κ2) is 11.0. The van der Waals surface area contributed by atoms with Crippen LogP contribution < -0.4 is 9.64 Å². The van der Waals surface area contributed by atoms with E-state index in [1.54, 1.807) is 42.5 Å². The number of hydrogen-bond acceptors (Lipinski definition) is 8. The lowest BCUT2D eigenvalue weighted by molar-refractivity contribution is -0.132. The van der Waals surface area contributed by atoms with Crippen LogP contribution in [-0.2, 0) is 11.3 Å². The Morgan fingerprint density at radius 3 is 2.30 bits per heavy atom. The lowest BCUT2D eigenvalue weighted by atomic mass is 10.1. The maximum absolute atomic E-state index is 13.1. The summed E-state index contributed by atoms with van der Waals surface area (Å²) in [4.78, 5) is 31.4. The van der Waals surface area contributed by atoms with Gasteiger partial charge in [-0.3, -0.25) is 9.59 Å². The van der Waals surface area contributed by atoms with Crippen molar-refractivity contribution >= 4 is 17.6 Å². The van der Waals surface area contributed by atoms with Gasteiger partial charge in [0.2, 0.25) is 5.91 Å². The zero-order chi connectivity index (χ0) is 25.6. The van der Waals surface area contributed by atoms with E-state index in [1.165, 1.54) is 11.2 Å². The summed E-state index contributed by atoms with van der Waals surface area (Å²) in [5.41, 5.74) is 1.73. The molecule has 0 N–H and O–H groups in total. The minimum Gasteiger partial charge on any atom is -0.497 e. The van der Waals surface area contributed by atoms with Gasteiger partial charge in [-0.15, -0.1) is 10.2 Å². The van der Waals surface area contributed by atoms with Gasteiger partial charge in [0.25, 0.3) is 5.91 Å². The first kappa shape index (κ1) is 24.1. The molecule has 0 spiro atoms. The number of methoxy groups -OCH3 is 1. The van der Waals surface area contributed by atoms with Crippen LogP contribution in [0.15, 0.2) is 82.0 Å². The van der Waals surface area contributed by atoms with Crippen LogP contribution in [0.5, 0.6) is 5.75 Å². The lowest BCUT2D eigenvalue weighted by Gasteiger charge is -2.36. The van der Waals surface area contributed by atoms with Crippen LogP contribution in [0, 0.1) is 0 Å². The van der Waals surface area contributed by atoms with Gasteiger partial charge < -0.3 is 28.3 Å². The van der Waals surface area contributed by atoms with E-state index in [0.717, 1.165) is 22.8 Å². The van der Waals surface area contributed by atoms with Gasteiger partial charge in [0.1, 0.15) is 18.1 Å². The highest BCUT2D eigenvalue weighted by molar-refractivity contribution is 5.94. The maximum atomic E-state index is 13.1. The van der Waals surface area contributed by atoms with E-state index in [9.17, 15) is 9.59 Å². The topological polar surface area (TPSA) is 105 Å². The highest BCUT2D eigenvalue weighted by Crippen LogP contribution is 2.22. The first-order valence-electron chi connectivity index (χ1n) is 12.0. The summed E-state index contributed by atoms with van der Waals surface area (Å²) in [6, 6.07) is 18.3. The summed E-state index contributed by atoms with van der Waals surface area (Å²) in [7, 11) is 1.63. The van der Waals surface area contributed by atoms with Crippen LogP contribution in [0.3, 0.4) is 0 Å². The van der Waals surface area contributed by atoms with Crippen molar-refractivity contribution in [1.29, 1.82) is 0 Å². The maximum Gasteiger partial charge on any atom is 0.290 e. The molecule has 1 aliphatic heterocycles. The number of carbonyl (C=O) groups is 2. The Morgan fingerprint density at radius 1 is 0.919 bits per heavy atom. The number of aromatic nitrogens is 2. The largest absolute Gasteiger partial charge is 0.497 e. The number of carbonyl (C=O) groups excluding carboxylic acids is 2. The molecule has 4 heterocycles. The third-order valence-electron chi connectivity index (χ3n) is 6.26. The predicted octanol–water partition coefficient (Wildman–Crippen LogP) is 3.33. The summed E-state index contributed by atoms with van der Waals surface area (Å²) < 4.78 is 15.9. The van der Waals surface area contributed by atoms with Crippen molar-refractivity contribution in [3.63, 3.8) is 0 Å². The number of rotatable bonds is 8. The number of benzene rings is 1. The Kier molecular flexibility index (Phi) is 7.16. The van der Waals surface area contributed by atoms with E-state index >= 15 is 0 Å². The summed E-state index contributed by atoms with van der Waals surface area (Å²) in [5, 5.41) is 8.78. The van der Waals surface area contributed by atoms with Crippen molar-refractivity contribution in [3.8, 4) is 17.0 Å². The molecule has 1 fully saturated rings. The molecular formula is C27H27N5O5. The molecule has 0 aliphatic carbocycles. The second-order valence-corrected chi connectivity index (χ2v) is 8.59. The molecule has 10 heteroatoms. The minimum absolute atomic E-state index is 0.0728. The molecule has 0 bridgehead atoms. The highest BCUT2D eigenvalue weighted by Gasteiger charge is 2.27. The normalized spacial score (nSPS) is 13.4. The highest BCUT2D eigenvalue weighted by atomic mass is 16.5. The first-order valence-corrected chi connectivity index (χ1v) is 12.0. The molecule has 2 amide bonds. The Balaban J connectivity index is 1.18. The van der Waals surface area contributed by atoms with Crippen molar-refractivity contribution in [3.05, 3.63) is 84.7 Å². The third kappa shape index (κ3) is 5.64. The number of piperazine rings is 1. The Labute approximate surface area is 214 Å². The molecule has 0 radical (unpaired) electrons. The first-order chi connectivity index (χ1) is 18.1. The molecule has 4 aromatic rings. The quantitative estimate of drug-likeness (QED) is 0.362. The van der Waals surface area contributed by atoms with Crippen LogP contribution in [0.4, 0.5) is 5.82 Å². The average Bonchev–Trinajstić information content (AvgIpc) is 3.68. The zero-order valence-corrected chi connectivity index (χ0v) is 20.4. The van der Waals surface area contributed by atoms with Gasteiger partial charge in [0.05, 0.1) is 31.9 Å². The SMILES string of the molecule is COc1ccc(-c2ccc(N3CCN(C(=O)CN(Cc4ccco4)C(=O)c4ccco4)CC3)nn2)cc1. The van der Waals surface area contributed by atoms with Crippen LogP contribution in [0.1, 0.15) is 16.3 Å². The fourth-order valence-electron chi connectivity index (χ4n) is 4.20. The molecule has 3 aromatic heterocycles. The second-order valence-electron chi connectivity index (χ2n) is 8.59. The molecule has 5 rings (SSSR count). The van der Waals surface area contributed by atoms with Crippen LogP contribution in [0.25, 0.3) is 11.3 Å². The molecule has 190 valence electrons. The lowest BCUT2D eigenvalue weighted by Crippen LogP contribution is -2.52. The number of ether oxygens (including phenoxy) is 1. The minimum atomic E-state index is -0.361. The molecule has 0 saturated carbocycles. The smallest absolute Gasteiger partial charge is 0.290 e. The van der Waals surface area contributed by atoms with Gasteiger partial charge in [-0.05, 0) is 60.7 Å². The Bertz CT molecular complexity index is 1300. The van der Waals surface area contributed by atoms with E-state index in [1.807, 2.05) is 36.4 Å². The van der Waals surface area contributed by atoms with Gasteiger partial charge in [0, 0.05) is 31.7 Å². The number of hydrogen-bond donors (Lipinski definition) is 0. The van der Waals surface area contributed by atoms with E-state index in [-0.39, 0.29) is 30.7 Å². The summed E-state index contributed by atoms with van der Waals surface area (Å²) in [6.45, 7) is 2.37. The van der Waals surface area contributed by atoms with E-state index in [4.69, 9.17) is 13.6 Å². The van der Waals surface area contributed by atoms with Crippen molar-refractivity contribution in [2.24, 2.45) is 0 Å². The van der Waals surface area contributed by atoms with Crippen molar-refractivity contribution in [1.82, 2.24) is 20.0 Å². The van der Waals surface area contributed by atoms with Crippen LogP contribution in [-0.4, -0.2) is 71.6 Å². The van der Waals surface area contributed by atoms with Crippen LogP contribution >= 0.6 is 0 Å². The zero-order valence-electron chi connectivity index (χ0n) is 20.4. The standard InChI is InChI=1S/C27H27N5O5/c1-35-21-8-6-20(7-9-21)23-10-11-25(29-28-23)30-12-14-31(15-13-30)26(33)19-32(18-22-4-2-16-36-22)27(34)24-5-3-17-37-24/h2-11,16-17H,12-15,18-19H2,1H3. The summed E-state index contributed by atoms with van der Waals surface area (Å²) >= 11 is 0. The molecule has 0 unspecified atom stereocenters. The number of amides is 2. The van der Waals surface area contributed by atoms with Gasteiger partial charge in [0.15, 0.2) is 11.6 Å². The summed E-state index contributed by atoms with van der Waals surface area (Å²) in [5.74, 6) is 1.83. The number of nitrogens with zero attached hydrogens (tertiary/aromatic N) is 5. The summed E-state index contributed by atoms with van der Waals surface area (Å²) in [6.07, 6.45) is 2.98. The number of anilines is 1. The monoisotopic (exact) mass is 501 g/mol. The molecule has 1 aromatic carbocycles. The van der Waals surface area contributed by atoms with Crippen molar-refractivity contribution < 1.29 is 23.2 Å². The molecule has 1 aliphatic rings. The van der Waals surface area contributed by atoms with E-state index in [0.29, 0.717) is 31.9 Å². The van der Waals surface area contributed by atoms with E-state index < -0.39 is 0 Å². The van der Waals surface area contributed by atoms with Gasteiger partial charge >= 0.3 is 0 Å². The van der Waals surface area contributed by atoms with Crippen molar-refractivity contribution in [2.45, 2.75) is 6.54 Å². The molecule has 1 saturated heterocycles.